The molecule has 11 bridgehead atoms. The zero-order chi connectivity index (χ0) is 69.6. The number of aromatic hydroxyl groups is 2. The molecule has 1 unspecified atom stereocenters. The molecule has 1 saturated heterocycles. The van der Waals surface area contributed by atoms with Crippen LogP contribution in [0.25, 0.3) is 17.2 Å². The van der Waals surface area contributed by atoms with Gasteiger partial charge in [-0.05, 0) is 146 Å². The van der Waals surface area contributed by atoms with Gasteiger partial charge in [0.2, 0.25) is 0 Å². The number of fused-ring (bicyclic) bond motifs is 18. The Morgan fingerprint density at radius 2 is 1.71 bits per heavy atom. The molecular formula is C85H96N4O11S2. The number of allylic oxidation sites excluding steroid dienone is 3. The second-order valence-electron chi connectivity index (χ2n) is 31.7. The maximum atomic E-state index is 14.2. The van der Waals surface area contributed by atoms with Gasteiger partial charge in [-0.2, -0.15) is 0 Å². The molecule has 15 nitrogen and oxygen atoms in total. The van der Waals surface area contributed by atoms with Crippen molar-refractivity contribution in [2.24, 2.45) is 41.2 Å². The number of ether oxygens (including phenoxy) is 5. The molecule has 5 aromatic carbocycles. The first-order valence-corrected chi connectivity index (χ1v) is 40.2. The van der Waals surface area contributed by atoms with E-state index in [1.165, 1.54) is 24.5 Å². The van der Waals surface area contributed by atoms with Crippen LogP contribution in [-0.4, -0.2) is 113 Å². The largest absolute Gasteiger partial charge is 0.508 e. The Hall–Kier alpha value is -6.87. The molecule has 6 aliphatic carbocycles. The molecule has 10 N–H and O–H groups in total. The molecule has 17 rings (SSSR count). The van der Waals surface area contributed by atoms with Crippen LogP contribution in [0.1, 0.15) is 177 Å². The fourth-order valence-corrected chi connectivity index (χ4v) is 25.1. The van der Waals surface area contributed by atoms with Gasteiger partial charge in [0.15, 0.2) is 18.3 Å². The summed E-state index contributed by atoms with van der Waals surface area (Å²) in [5, 5.41) is 74.3. The SMILES string of the molecule is COC[C@@H]1[C@@H](CO)CNCc2c(O)c3c(c4c2[C@@H]2C#CC5=C(C=CC(N)N5)[C@@H]([C@@H]5CC[C@]6(Cc7cc(O)cc(OCO)c7-c7ccc8c(c76)O[C@H]4[C@H]8COC(C)=O)C5)[C@@]4(CCCC[C@@H]4O)c4cccc(c4)C4(CCCC4)[C@H]1C#C2)C=C[C@@H]1N[C@H]2CCC[C@H](CSS[C@H](Cc4ccccc4)[C@@H]1O3)C2. The lowest BCUT2D eigenvalue weighted by Gasteiger charge is -2.52. The third-order valence-electron chi connectivity index (χ3n) is 26.2. The first-order valence-electron chi connectivity index (χ1n) is 37.8. The number of hydrogen-bond acceptors (Lipinski definition) is 17. The van der Waals surface area contributed by atoms with Crippen LogP contribution < -0.4 is 35.9 Å². The number of hydrogen-bond donors (Lipinski definition) is 9. The van der Waals surface area contributed by atoms with Crippen molar-refractivity contribution in [1.82, 2.24) is 16.0 Å². The maximum absolute atomic E-state index is 14.2. The molecule has 5 fully saturated rings. The summed E-state index contributed by atoms with van der Waals surface area (Å²) in [4.78, 5) is 13.7. The molecule has 4 saturated carbocycles. The van der Waals surface area contributed by atoms with E-state index in [-0.39, 0.29) is 78.2 Å². The van der Waals surface area contributed by atoms with E-state index in [0.29, 0.717) is 103 Å². The average molecular weight is 1410 g/mol. The molecule has 534 valence electrons. The summed E-state index contributed by atoms with van der Waals surface area (Å²) in [6, 6.07) is 27.6. The second kappa shape index (κ2) is 27.9. The van der Waals surface area contributed by atoms with Crippen molar-refractivity contribution >= 4 is 33.6 Å². The number of aliphatic hydroxyl groups excluding tert-OH is 3. The zero-order valence-electron chi connectivity index (χ0n) is 58.5. The minimum absolute atomic E-state index is 0.0328. The van der Waals surface area contributed by atoms with Crippen LogP contribution in [0.4, 0.5) is 0 Å². The highest BCUT2D eigenvalue weighted by Gasteiger charge is 2.59. The highest BCUT2D eigenvalue weighted by molar-refractivity contribution is 8.77. The number of aliphatic hydroxyl groups is 3. The molecule has 6 aliphatic heterocycles. The molecule has 0 radical (unpaired) electrons. The summed E-state index contributed by atoms with van der Waals surface area (Å²) in [6.07, 6.45) is 20.4. The molecule has 0 aromatic heterocycles. The molecule has 102 heavy (non-hydrogen) atoms. The van der Waals surface area contributed by atoms with Gasteiger partial charge in [0.25, 0.3) is 0 Å². The maximum Gasteiger partial charge on any atom is 0.302 e. The van der Waals surface area contributed by atoms with E-state index in [0.717, 1.165) is 109 Å². The number of benzene rings is 5. The van der Waals surface area contributed by atoms with Crippen LogP contribution >= 0.6 is 21.6 Å². The summed E-state index contributed by atoms with van der Waals surface area (Å²) in [5.74, 6) is 15.5. The number of dihydropyridines is 1. The van der Waals surface area contributed by atoms with Crippen LogP contribution in [0.15, 0.2) is 108 Å². The second-order valence-corrected chi connectivity index (χ2v) is 34.3. The first-order chi connectivity index (χ1) is 49.8. The van der Waals surface area contributed by atoms with Crippen LogP contribution in [0.3, 0.4) is 0 Å². The van der Waals surface area contributed by atoms with Crippen LogP contribution in [-0.2, 0) is 49.9 Å². The van der Waals surface area contributed by atoms with Crippen molar-refractivity contribution in [1.29, 1.82) is 0 Å². The predicted octanol–water partition coefficient (Wildman–Crippen LogP) is 12.5. The van der Waals surface area contributed by atoms with Crippen molar-refractivity contribution in [2.45, 2.75) is 193 Å². The van der Waals surface area contributed by atoms with Crippen molar-refractivity contribution < 1.29 is 54.0 Å². The third-order valence-corrected chi connectivity index (χ3v) is 29.1. The lowest BCUT2D eigenvalue weighted by atomic mass is 9.53. The summed E-state index contributed by atoms with van der Waals surface area (Å²) in [6.45, 7) is 1.41. The van der Waals surface area contributed by atoms with Gasteiger partial charge in [0, 0.05) is 125 Å². The molecule has 12 aliphatic rings. The number of carbonyl (C=O) groups is 1. The minimum atomic E-state index is -0.962. The fourth-order valence-electron chi connectivity index (χ4n) is 21.8. The Morgan fingerprint density at radius 3 is 2.53 bits per heavy atom. The number of nitrogens with two attached hydrogens (primary N) is 1. The standard InChI is InChI=1S/C85H96N4O11S2/c1-48(92)97-45-65-59-21-22-61-73-53(36-58(93)38-69(73)98-47-91)40-83-33-29-52(39-83)76-60-24-28-72(86)89-67(60)26-20-51-19-25-66(84(30-8-9-31-84)55-15-11-16-56(37-55)85(76)32-7-6-18-71(85)94)64(44-96-2)54(43-90)41-87-42-63-74(51)75(79(65)99-80(59)77(61)83)62-23-27-68-82(100-81(62)78(63)95)70(35-49-12-4-3-5-13-49)102-101-46-50-14-10-17-57(34-50)88-68/h3-5,11-13,15-16,21-24,27-28,36-38,50-52,54,57,64-66,68,70-72,76,79,82,87-91,93-95H,6-10,14,17-18,29-35,39-47,86H2,1-2H3/t50-,51-,52+,54+,57-,64+,65-,66-,68-,70+,71-,72?,76+,79-,82+,83+,85-/m0/s1. The normalized spacial score (nSPS) is 33.4. The molecule has 0 amide bonds. The van der Waals surface area contributed by atoms with Crippen molar-refractivity contribution in [3.63, 3.8) is 0 Å². The van der Waals surface area contributed by atoms with Gasteiger partial charge in [-0.25, -0.2) is 0 Å². The minimum Gasteiger partial charge on any atom is -0.508 e. The van der Waals surface area contributed by atoms with E-state index in [1.807, 2.05) is 33.7 Å². The molecule has 5 aromatic rings. The third kappa shape index (κ3) is 11.7. The lowest BCUT2D eigenvalue weighted by molar-refractivity contribution is -0.141. The van der Waals surface area contributed by atoms with E-state index in [4.69, 9.17) is 29.4 Å². The summed E-state index contributed by atoms with van der Waals surface area (Å²) >= 11 is 0. The number of phenolic OH excluding ortho intramolecular Hbond substituents is 2. The topological polar surface area (TPSA) is 226 Å². The van der Waals surface area contributed by atoms with Gasteiger partial charge in [0.05, 0.1) is 41.8 Å². The Kier molecular flexibility index (Phi) is 18.7. The zero-order valence-corrected chi connectivity index (χ0v) is 60.2. The van der Waals surface area contributed by atoms with Gasteiger partial charge >= 0.3 is 5.97 Å². The van der Waals surface area contributed by atoms with Crippen molar-refractivity contribution in [2.75, 3.05) is 46.0 Å². The number of rotatable bonds is 9. The van der Waals surface area contributed by atoms with E-state index in [9.17, 15) is 30.3 Å². The quantitative estimate of drug-likeness (QED) is 0.0289. The summed E-state index contributed by atoms with van der Waals surface area (Å²) < 4.78 is 35.1. The van der Waals surface area contributed by atoms with E-state index in [1.54, 1.807) is 13.2 Å². The molecule has 17 atom stereocenters. The van der Waals surface area contributed by atoms with Crippen LogP contribution in [0.5, 0.6) is 28.7 Å². The number of methoxy groups -OCH3 is 1. The van der Waals surface area contributed by atoms with Crippen LogP contribution in [0, 0.1) is 59.2 Å². The van der Waals surface area contributed by atoms with E-state index < -0.39 is 65.3 Å². The fraction of sp³-hybridized carbons (Fsp3) is 0.518. The number of esters is 1. The predicted molar refractivity (Wildman–Crippen MR) is 398 cm³/mol. The summed E-state index contributed by atoms with van der Waals surface area (Å²) in [7, 11) is 5.58. The first kappa shape index (κ1) is 68.3. The number of carbonyl (C=O) groups excluding carboxylic acids is 1. The Labute approximate surface area is 607 Å². The Bertz CT molecular complexity index is 4320. The van der Waals surface area contributed by atoms with Gasteiger partial charge in [0.1, 0.15) is 42.0 Å². The van der Waals surface area contributed by atoms with E-state index >= 15 is 0 Å². The highest BCUT2D eigenvalue weighted by Crippen LogP contribution is 2.67. The average Bonchev–Trinajstić information content (AvgIpc) is 1.48. The number of nitrogens with one attached hydrogen (secondary N) is 3. The Morgan fingerprint density at radius 1 is 0.853 bits per heavy atom. The number of phenols is 2. The molecular weight excluding hydrogens is 1320 g/mol. The smallest absolute Gasteiger partial charge is 0.302 e. The van der Waals surface area contributed by atoms with Crippen LogP contribution in [0.2, 0.25) is 0 Å². The Balaban J connectivity index is 1.02. The van der Waals surface area contributed by atoms with Gasteiger partial charge in [-0.1, -0.05) is 156 Å². The molecule has 17 heteroatoms. The summed E-state index contributed by atoms with van der Waals surface area (Å²) in [5.41, 5.74) is 17.1. The van der Waals surface area contributed by atoms with Gasteiger partial charge in [-0.15, -0.1) is 0 Å². The van der Waals surface area contributed by atoms with Gasteiger partial charge < -0.3 is 70.9 Å². The van der Waals surface area contributed by atoms with Crippen molar-refractivity contribution in [3.8, 4) is 63.6 Å². The monoisotopic (exact) mass is 1410 g/mol. The highest BCUT2D eigenvalue weighted by atomic mass is 33.1. The van der Waals surface area contributed by atoms with Gasteiger partial charge in [-0.3, -0.25) is 4.79 Å². The lowest BCUT2D eigenvalue weighted by Crippen LogP contribution is -2.52. The van der Waals surface area contributed by atoms with Crippen molar-refractivity contribution in [3.05, 3.63) is 164 Å². The van der Waals surface area contributed by atoms with E-state index in [2.05, 4.69) is 125 Å². The molecule has 6 heterocycles. The molecule has 3 spiro atoms.